The van der Waals surface area contributed by atoms with Gasteiger partial charge in [0.05, 0.1) is 11.1 Å². The minimum Gasteiger partial charge on any atom is -0.490 e. The summed E-state index contributed by atoms with van der Waals surface area (Å²) in [5.41, 5.74) is 0.322. The van der Waals surface area contributed by atoms with E-state index in [9.17, 15) is 4.79 Å². The Hall–Kier alpha value is -0.780. The first-order valence-corrected chi connectivity index (χ1v) is 5.81. The molecule has 0 aliphatic carbocycles. The van der Waals surface area contributed by atoms with E-state index >= 15 is 0 Å². The fourth-order valence-corrected chi connectivity index (χ4v) is 2.23. The van der Waals surface area contributed by atoms with Gasteiger partial charge in [0.15, 0.2) is 0 Å². The average Bonchev–Trinajstić information content (AvgIpc) is 2.24. The highest BCUT2D eigenvalue weighted by Crippen LogP contribution is 2.27. The molecular weight excluding hydrogens is 305 g/mol. The SMILES string of the molecule is CC1(C)COc2cccc(I)c2C(=O)N1. The molecule has 4 heteroatoms. The lowest BCUT2D eigenvalue weighted by Gasteiger charge is -2.22. The van der Waals surface area contributed by atoms with E-state index in [1.54, 1.807) is 0 Å². The first kappa shape index (κ1) is 10.7. The van der Waals surface area contributed by atoms with Crippen LogP contribution in [0.1, 0.15) is 24.2 Å². The Morgan fingerprint density at radius 3 is 2.93 bits per heavy atom. The van der Waals surface area contributed by atoms with E-state index < -0.39 is 0 Å². The summed E-state index contributed by atoms with van der Waals surface area (Å²) >= 11 is 2.15. The molecule has 0 fully saturated rings. The third-order valence-electron chi connectivity index (χ3n) is 2.24. The number of carbonyl (C=O) groups is 1. The molecule has 1 aromatic rings. The van der Waals surface area contributed by atoms with Crippen LogP contribution >= 0.6 is 22.6 Å². The molecule has 0 bridgehead atoms. The van der Waals surface area contributed by atoms with Gasteiger partial charge in [-0.25, -0.2) is 0 Å². The summed E-state index contributed by atoms with van der Waals surface area (Å²) in [6.07, 6.45) is 0. The molecule has 1 aromatic carbocycles. The summed E-state index contributed by atoms with van der Waals surface area (Å²) in [7, 11) is 0. The Balaban J connectivity index is 2.49. The van der Waals surface area contributed by atoms with E-state index in [0.717, 1.165) is 3.57 Å². The summed E-state index contributed by atoms with van der Waals surface area (Å²) in [5.74, 6) is 0.613. The van der Waals surface area contributed by atoms with Gasteiger partial charge in [0.1, 0.15) is 12.4 Å². The lowest BCUT2D eigenvalue weighted by atomic mass is 10.1. The van der Waals surface area contributed by atoms with Crippen molar-refractivity contribution < 1.29 is 9.53 Å². The molecule has 0 radical (unpaired) electrons. The Bertz CT molecular complexity index is 415. The second-order valence-corrected chi connectivity index (χ2v) is 5.40. The van der Waals surface area contributed by atoms with E-state index in [1.165, 1.54) is 0 Å². The lowest BCUT2D eigenvalue weighted by molar-refractivity contribution is 0.0908. The van der Waals surface area contributed by atoms with Crippen LogP contribution in [0.25, 0.3) is 0 Å². The zero-order valence-corrected chi connectivity index (χ0v) is 10.8. The fraction of sp³-hybridized carbons (Fsp3) is 0.364. The van der Waals surface area contributed by atoms with Gasteiger partial charge in [0.25, 0.3) is 5.91 Å². The van der Waals surface area contributed by atoms with Gasteiger partial charge >= 0.3 is 0 Å². The van der Waals surface area contributed by atoms with Crippen molar-refractivity contribution in [1.82, 2.24) is 5.32 Å². The number of carbonyl (C=O) groups excluding carboxylic acids is 1. The van der Waals surface area contributed by atoms with Crippen LogP contribution in [0.2, 0.25) is 0 Å². The predicted molar refractivity (Wildman–Crippen MR) is 66.2 cm³/mol. The van der Waals surface area contributed by atoms with E-state index in [1.807, 2.05) is 32.0 Å². The number of fused-ring (bicyclic) bond motifs is 1. The number of benzene rings is 1. The van der Waals surface area contributed by atoms with E-state index in [0.29, 0.717) is 17.9 Å². The molecule has 3 nitrogen and oxygen atoms in total. The maximum atomic E-state index is 11.9. The summed E-state index contributed by atoms with van der Waals surface area (Å²) in [4.78, 5) is 11.9. The maximum Gasteiger partial charge on any atom is 0.256 e. The van der Waals surface area contributed by atoms with Crippen LogP contribution in [-0.2, 0) is 0 Å². The van der Waals surface area contributed by atoms with Gasteiger partial charge in [-0.2, -0.15) is 0 Å². The second-order valence-electron chi connectivity index (χ2n) is 4.24. The maximum absolute atomic E-state index is 11.9. The Morgan fingerprint density at radius 1 is 1.47 bits per heavy atom. The molecule has 0 saturated carbocycles. The zero-order chi connectivity index (χ0) is 11.1. The predicted octanol–water partition coefficient (Wildman–Crippen LogP) is 2.19. The van der Waals surface area contributed by atoms with Crippen molar-refractivity contribution in [3.8, 4) is 5.75 Å². The van der Waals surface area contributed by atoms with Gasteiger partial charge in [0.2, 0.25) is 0 Å². The smallest absolute Gasteiger partial charge is 0.256 e. The summed E-state index contributed by atoms with van der Waals surface area (Å²) in [6.45, 7) is 4.39. The quantitative estimate of drug-likeness (QED) is 0.745. The number of nitrogens with one attached hydrogen (secondary N) is 1. The van der Waals surface area contributed by atoms with Crippen LogP contribution in [-0.4, -0.2) is 18.1 Å². The van der Waals surface area contributed by atoms with Crippen molar-refractivity contribution in [3.63, 3.8) is 0 Å². The molecule has 0 saturated heterocycles. The minimum absolute atomic E-state index is 0.0579. The Morgan fingerprint density at radius 2 is 2.20 bits per heavy atom. The molecule has 1 aliphatic heterocycles. The third-order valence-corrected chi connectivity index (χ3v) is 3.14. The number of hydrogen-bond donors (Lipinski definition) is 1. The molecule has 2 rings (SSSR count). The molecule has 1 heterocycles. The first-order chi connectivity index (χ1) is 6.99. The van der Waals surface area contributed by atoms with Crippen LogP contribution < -0.4 is 10.1 Å². The normalized spacial score (nSPS) is 18.5. The van der Waals surface area contributed by atoms with Crippen LogP contribution in [0.4, 0.5) is 0 Å². The van der Waals surface area contributed by atoms with Crippen molar-refractivity contribution in [3.05, 3.63) is 27.3 Å². The standard InChI is InChI=1S/C11H12INO2/c1-11(2)6-15-8-5-3-4-7(12)9(8)10(14)13-11/h3-5H,6H2,1-2H3,(H,13,14). The number of amides is 1. The van der Waals surface area contributed by atoms with Gasteiger partial charge in [0, 0.05) is 3.57 Å². The van der Waals surface area contributed by atoms with Gasteiger partial charge in [-0.1, -0.05) is 6.07 Å². The molecule has 0 atom stereocenters. The number of ether oxygens (including phenoxy) is 1. The van der Waals surface area contributed by atoms with Crippen LogP contribution in [0.15, 0.2) is 18.2 Å². The van der Waals surface area contributed by atoms with Crippen molar-refractivity contribution in [2.75, 3.05) is 6.61 Å². The van der Waals surface area contributed by atoms with Crippen molar-refractivity contribution >= 4 is 28.5 Å². The molecule has 0 unspecified atom stereocenters. The number of rotatable bonds is 0. The molecule has 80 valence electrons. The Labute approximate surface area is 102 Å². The Kier molecular flexibility index (Phi) is 2.62. The van der Waals surface area contributed by atoms with Crippen molar-refractivity contribution in [2.24, 2.45) is 0 Å². The van der Waals surface area contributed by atoms with Crippen LogP contribution in [0.3, 0.4) is 0 Å². The zero-order valence-electron chi connectivity index (χ0n) is 8.63. The van der Waals surface area contributed by atoms with Crippen molar-refractivity contribution in [1.29, 1.82) is 0 Å². The molecule has 0 spiro atoms. The van der Waals surface area contributed by atoms with Crippen molar-refractivity contribution in [2.45, 2.75) is 19.4 Å². The van der Waals surface area contributed by atoms with Gasteiger partial charge < -0.3 is 10.1 Å². The molecular formula is C11H12INO2. The highest BCUT2D eigenvalue weighted by atomic mass is 127. The van der Waals surface area contributed by atoms with Gasteiger partial charge in [-0.15, -0.1) is 0 Å². The highest BCUT2D eigenvalue weighted by molar-refractivity contribution is 14.1. The van der Waals surface area contributed by atoms with E-state index in [2.05, 4.69) is 27.9 Å². The first-order valence-electron chi connectivity index (χ1n) is 4.73. The lowest BCUT2D eigenvalue weighted by Crippen LogP contribution is -2.46. The summed E-state index contributed by atoms with van der Waals surface area (Å²) < 4.78 is 6.54. The van der Waals surface area contributed by atoms with E-state index in [-0.39, 0.29) is 11.4 Å². The summed E-state index contributed by atoms with van der Waals surface area (Å²) in [5, 5.41) is 2.95. The van der Waals surface area contributed by atoms with Gasteiger partial charge in [-0.3, -0.25) is 4.79 Å². The average molecular weight is 317 g/mol. The molecule has 1 amide bonds. The topological polar surface area (TPSA) is 38.3 Å². The fourth-order valence-electron chi connectivity index (χ4n) is 1.51. The summed E-state index contributed by atoms with van der Waals surface area (Å²) in [6, 6.07) is 5.63. The third kappa shape index (κ3) is 2.09. The number of hydrogen-bond acceptors (Lipinski definition) is 2. The van der Waals surface area contributed by atoms with E-state index in [4.69, 9.17) is 4.74 Å². The molecule has 15 heavy (non-hydrogen) atoms. The molecule has 1 aliphatic rings. The van der Waals surface area contributed by atoms with Crippen LogP contribution in [0.5, 0.6) is 5.75 Å². The molecule has 1 N–H and O–H groups in total. The molecule has 0 aromatic heterocycles. The van der Waals surface area contributed by atoms with Gasteiger partial charge in [-0.05, 0) is 48.6 Å². The van der Waals surface area contributed by atoms with Crippen LogP contribution in [0, 0.1) is 3.57 Å². The largest absolute Gasteiger partial charge is 0.490 e. The highest BCUT2D eigenvalue weighted by Gasteiger charge is 2.29. The monoisotopic (exact) mass is 317 g/mol. The number of halogens is 1. The second kappa shape index (κ2) is 3.66. The minimum atomic E-state index is -0.320.